The first-order valence-corrected chi connectivity index (χ1v) is 6.33. The first-order chi connectivity index (χ1) is 8.56. The van der Waals surface area contributed by atoms with Gasteiger partial charge in [0, 0.05) is 6.20 Å². The molecule has 1 atom stereocenters. The third-order valence-electron chi connectivity index (χ3n) is 3.60. The van der Waals surface area contributed by atoms with Crippen LogP contribution in [0.15, 0.2) is 42.6 Å². The van der Waals surface area contributed by atoms with Crippen LogP contribution in [0.3, 0.4) is 0 Å². The molecule has 3 nitrogen and oxygen atoms in total. The van der Waals surface area contributed by atoms with E-state index in [-0.39, 0.29) is 5.41 Å². The zero-order valence-corrected chi connectivity index (χ0v) is 11.2. The van der Waals surface area contributed by atoms with Crippen LogP contribution in [0.5, 0.6) is 0 Å². The Bertz CT molecular complexity index is 502. The lowest BCUT2D eigenvalue weighted by molar-refractivity contribution is 0.0410. The second kappa shape index (κ2) is 4.94. The predicted molar refractivity (Wildman–Crippen MR) is 72.6 cm³/mol. The van der Waals surface area contributed by atoms with Crippen molar-refractivity contribution in [3.8, 4) is 5.69 Å². The van der Waals surface area contributed by atoms with Gasteiger partial charge in [0.2, 0.25) is 0 Å². The van der Waals surface area contributed by atoms with Gasteiger partial charge in [-0.3, -0.25) is 0 Å². The van der Waals surface area contributed by atoms with E-state index >= 15 is 0 Å². The van der Waals surface area contributed by atoms with Gasteiger partial charge in [-0.1, -0.05) is 39.0 Å². The van der Waals surface area contributed by atoms with Crippen LogP contribution in [-0.4, -0.2) is 14.9 Å². The van der Waals surface area contributed by atoms with Crippen molar-refractivity contribution in [1.82, 2.24) is 9.78 Å². The number of rotatable bonds is 4. The third-order valence-corrected chi connectivity index (χ3v) is 3.60. The SMILES string of the molecule is CCC(C)(C)C(O)c1ccnn1-c1ccccc1. The van der Waals surface area contributed by atoms with Crippen molar-refractivity contribution in [3.63, 3.8) is 0 Å². The Morgan fingerprint density at radius 3 is 2.50 bits per heavy atom. The van der Waals surface area contributed by atoms with E-state index in [4.69, 9.17) is 0 Å². The van der Waals surface area contributed by atoms with Gasteiger partial charge < -0.3 is 5.11 Å². The van der Waals surface area contributed by atoms with Crippen molar-refractivity contribution in [1.29, 1.82) is 0 Å². The van der Waals surface area contributed by atoms with E-state index in [0.29, 0.717) is 0 Å². The van der Waals surface area contributed by atoms with Gasteiger partial charge >= 0.3 is 0 Å². The quantitative estimate of drug-likeness (QED) is 0.895. The van der Waals surface area contributed by atoms with Gasteiger partial charge in [0.05, 0.1) is 11.4 Å². The fourth-order valence-electron chi connectivity index (χ4n) is 1.90. The summed E-state index contributed by atoms with van der Waals surface area (Å²) in [5, 5.41) is 14.8. The lowest BCUT2D eigenvalue weighted by Gasteiger charge is -2.29. The van der Waals surface area contributed by atoms with E-state index in [1.54, 1.807) is 6.20 Å². The van der Waals surface area contributed by atoms with Crippen molar-refractivity contribution in [2.45, 2.75) is 33.3 Å². The molecule has 0 saturated heterocycles. The number of para-hydroxylation sites is 1. The summed E-state index contributed by atoms with van der Waals surface area (Å²) < 4.78 is 1.81. The highest BCUT2D eigenvalue weighted by Gasteiger charge is 2.29. The molecule has 0 spiro atoms. The molecule has 0 saturated carbocycles. The Balaban J connectivity index is 2.40. The normalized spacial score (nSPS) is 13.6. The van der Waals surface area contributed by atoms with Crippen LogP contribution in [-0.2, 0) is 0 Å². The maximum atomic E-state index is 10.5. The van der Waals surface area contributed by atoms with Crippen LogP contribution in [0.4, 0.5) is 0 Å². The summed E-state index contributed by atoms with van der Waals surface area (Å²) in [4.78, 5) is 0. The Morgan fingerprint density at radius 2 is 1.89 bits per heavy atom. The molecule has 1 aromatic carbocycles. The molecule has 1 N–H and O–H groups in total. The molecule has 0 bridgehead atoms. The first-order valence-electron chi connectivity index (χ1n) is 6.33. The van der Waals surface area contributed by atoms with E-state index in [9.17, 15) is 5.11 Å². The van der Waals surface area contributed by atoms with Crippen molar-refractivity contribution in [2.75, 3.05) is 0 Å². The van der Waals surface area contributed by atoms with Crippen molar-refractivity contribution in [3.05, 3.63) is 48.3 Å². The highest BCUT2D eigenvalue weighted by Crippen LogP contribution is 2.36. The lowest BCUT2D eigenvalue weighted by atomic mass is 9.82. The van der Waals surface area contributed by atoms with Gasteiger partial charge in [-0.25, -0.2) is 4.68 Å². The van der Waals surface area contributed by atoms with Crippen molar-refractivity contribution >= 4 is 0 Å². The molecule has 0 radical (unpaired) electrons. The van der Waals surface area contributed by atoms with Gasteiger partial charge in [-0.15, -0.1) is 0 Å². The number of aromatic nitrogens is 2. The molecule has 1 heterocycles. The lowest BCUT2D eigenvalue weighted by Crippen LogP contribution is -2.23. The van der Waals surface area contributed by atoms with E-state index in [1.165, 1.54) is 0 Å². The molecule has 0 aliphatic heterocycles. The number of aliphatic hydroxyl groups excluding tert-OH is 1. The largest absolute Gasteiger partial charge is 0.386 e. The molecule has 3 heteroatoms. The van der Waals surface area contributed by atoms with Crippen LogP contribution in [0.2, 0.25) is 0 Å². The molecule has 18 heavy (non-hydrogen) atoms. The highest BCUT2D eigenvalue weighted by atomic mass is 16.3. The van der Waals surface area contributed by atoms with Crippen molar-refractivity contribution < 1.29 is 5.11 Å². The summed E-state index contributed by atoms with van der Waals surface area (Å²) in [6.07, 6.45) is 2.12. The molecule has 2 aromatic rings. The van der Waals surface area contributed by atoms with Crippen LogP contribution in [0, 0.1) is 5.41 Å². The summed E-state index contributed by atoms with van der Waals surface area (Å²) in [6, 6.07) is 11.8. The summed E-state index contributed by atoms with van der Waals surface area (Å²) in [5.41, 5.74) is 1.66. The van der Waals surface area contributed by atoms with Gasteiger partial charge in [0.1, 0.15) is 6.10 Å². The second-order valence-corrected chi connectivity index (χ2v) is 5.25. The van der Waals surface area contributed by atoms with Gasteiger partial charge in [-0.05, 0) is 30.0 Å². The molecule has 0 aliphatic carbocycles. The molecule has 2 rings (SSSR count). The summed E-state index contributed by atoms with van der Waals surface area (Å²) in [7, 11) is 0. The predicted octanol–water partition coefficient (Wildman–Crippen LogP) is 3.34. The monoisotopic (exact) mass is 244 g/mol. The Kier molecular flexibility index (Phi) is 3.53. The zero-order chi connectivity index (χ0) is 13.2. The van der Waals surface area contributed by atoms with Gasteiger partial charge in [0.15, 0.2) is 0 Å². The second-order valence-electron chi connectivity index (χ2n) is 5.25. The van der Waals surface area contributed by atoms with E-state index < -0.39 is 6.10 Å². The standard InChI is InChI=1S/C15H20N2O/c1-4-15(2,3)14(18)13-10-11-16-17(13)12-8-6-5-7-9-12/h5-11,14,18H,4H2,1-3H3. The number of hydrogen-bond acceptors (Lipinski definition) is 2. The molecule has 0 fully saturated rings. The topological polar surface area (TPSA) is 38.1 Å². The van der Waals surface area contributed by atoms with Gasteiger partial charge in [-0.2, -0.15) is 5.10 Å². The van der Waals surface area contributed by atoms with Crippen LogP contribution >= 0.6 is 0 Å². The minimum absolute atomic E-state index is 0.160. The molecule has 1 aromatic heterocycles. The minimum Gasteiger partial charge on any atom is -0.386 e. The fraction of sp³-hybridized carbons (Fsp3) is 0.400. The summed E-state index contributed by atoms with van der Waals surface area (Å²) >= 11 is 0. The molecular formula is C15H20N2O. The summed E-state index contributed by atoms with van der Waals surface area (Å²) in [5.74, 6) is 0. The minimum atomic E-state index is -0.523. The van der Waals surface area contributed by atoms with E-state index in [1.807, 2.05) is 41.1 Å². The number of benzene rings is 1. The molecule has 0 aliphatic rings. The van der Waals surface area contributed by atoms with Crippen LogP contribution in [0.1, 0.15) is 39.0 Å². The molecule has 0 amide bonds. The Labute approximate surface area is 108 Å². The Morgan fingerprint density at radius 1 is 1.22 bits per heavy atom. The van der Waals surface area contributed by atoms with E-state index in [2.05, 4.69) is 25.9 Å². The van der Waals surface area contributed by atoms with Crippen LogP contribution in [0.25, 0.3) is 5.69 Å². The summed E-state index contributed by atoms with van der Waals surface area (Å²) in [6.45, 7) is 6.23. The smallest absolute Gasteiger partial charge is 0.101 e. The molecule has 1 unspecified atom stereocenters. The average Bonchev–Trinajstić information content (AvgIpc) is 2.87. The number of hydrogen-bond donors (Lipinski definition) is 1. The third kappa shape index (κ3) is 2.31. The zero-order valence-electron chi connectivity index (χ0n) is 11.2. The number of nitrogens with zero attached hydrogens (tertiary/aromatic N) is 2. The maximum Gasteiger partial charge on any atom is 0.101 e. The fourth-order valence-corrected chi connectivity index (χ4v) is 1.90. The van der Waals surface area contributed by atoms with Gasteiger partial charge in [0.25, 0.3) is 0 Å². The van der Waals surface area contributed by atoms with Crippen LogP contribution < -0.4 is 0 Å². The maximum absolute atomic E-state index is 10.5. The highest BCUT2D eigenvalue weighted by molar-refractivity contribution is 5.33. The van der Waals surface area contributed by atoms with Crippen molar-refractivity contribution in [2.24, 2.45) is 5.41 Å². The Hall–Kier alpha value is -1.61. The average molecular weight is 244 g/mol. The number of aliphatic hydroxyl groups is 1. The first kappa shape index (κ1) is 12.8. The molecular weight excluding hydrogens is 224 g/mol. The molecule has 96 valence electrons. The van der Waals surface area contributed by atoms with E-state index in [0.717, 1.165) is 17.8 Å².